The Balaban J connectivity index is 2.08. The van der Waals surface area contributed by atoms with Crippen molar-refractivity contribution in [1.82, 2.24) is 0 Å². The number of anilines is 1. The van der Waals surface area contributed by atoms with Gasteiger partial charge in [0.05, 0.1) is 0 Å². The number of rotatable bonds is 2. The molecule has 1 N–H and O–H groups in total. The fourth-order valence-corrected chi connectivity index (χ4v) is 3.30. The van der Waals surface area contributed by atoms with Gasteiger partial charge in [-0.05, 0) is 71.9 Å². The van der Waals surface area contributed by atoms with E-state index in [4.69, 9.17) is 0 Å². The first-order chi connectivity index (χ1) is 7.98. The van der Waals surface area contributed by atoms with Gasteiger partial charge in [-0.15, -0.1) is 0 Å². The molecule has 0 bridgehead atoms. The summed E-state index contributed by atoms with van der Waals surface area (Å²) in [6.45, 7) is 6.99. The second-order valence-electron chi connectivity index (χ2n) is 6.01. The van der Waals surface area contributed by atoms with Crippen molar-refractivity contribution in [2.24, 2.45) is 5.41 Å². The van der Waals surface area contributed by atoms with Crippen LogP contribution in [0, 0.1) is 15.9 Å². The van der Waals surface area contributed by atoms with Crippen LogP contribution in [0.15, 0.2) is 18.2 Å². The topological polar surface area (TPSA) is 12.0 Å². The van der Waals surface area contributed by atoms with E-state index < -0.39 is 0 Å². The minimum Gasteiger partial charge on any atom is -0.382 e. The first kappa shape index (κ1) is 13.2. The minimum atomic E-state index is 0.506. The highest BCUT2D eigenvalue weighted by atomic mass is 127. The van der Waals surface area contributed by atoms with Crippen LogP contribution in [0.25, 0.3) is 0 Å². The van der Waals surface area contributed by atoms with E-state index in [1.54, 1.807) is 0 Å². The second-order valence-corrected chi connectivity index (χ2v) is 7.18. The van der Waals surface area contributed by atoms with E-state index in [1.165, 1.54) is 40.5 Å². The molecule has 1 nitrogen and oxygen atoms in total. The third-order valence-electron chi connectivity index (χ3n) is 3.83. The van der Waals surface area contributed by atoms with Crippen molar-refractivity contribution in [2.45, 2.75) is 52.5 Å². The molecule has 0 aromatic heterocycles. The molecule has 0 aliphatic heterocycles. The predicted octanol–water partition coefficient (Wildman–Crippen LogP) is 4.98. The van der Waals surface area contributed by atoms with E-state index in [0.29, 0.717) is 11.5 Å². The Labute approximate surface area is 119 Å². The summed E-state index contributed by atoms with van der Waals surface area (Å²) in [7, 11) is 0. The van der Waals surface area contributed by atoms with Crippen LogP contribution in [0.4, 0.5) is 5.69 Å². The van der Waals surface area contributed by atoms with Gasteiger partial charge in [0.2, 0.25) is 0 Å². The molecule has 1 fully saturated rings. The summed E-state index contributed by atoms with van der Waals surface area (Å²) in [4.78, 5) is 0. The Hall–Kier alpha value is -0.250. The second kappa shape index (κ2) is 5.17. The summed E-state index contributed by atoms with van der Waals surface area (Å²) < 4.78 is 1.35. The fraction of sp³-hybridized carbons (Fsp3) is 0.600. The molecular formula is C15H22IN. The largest absolute Gasteiger partial charge is 0.382 e. The van der Waals surface area contributed by atoms with Gasteiger partial charge in [-0.2, -0.15) is 0 Å². The monoisotopic (exact) mass is 343 g/mol. The van der Waals surface area contributed by atoms with E-state index in [9.17, 15) is 0 Å². The predicted molar refractivity (Wildman–Crippen MR) is 83.6 cm³/mol. The summed E-state index contributed by atoms with van der Waals surface area (Å²) in [6.07, 6.45) is 5.33. The summed E-state index contributed by atoms with van der Waals surface area (Å²) in [5.74, 6) is 0. The lowest BCUT2D eigenvalue weighted by Crippen LogP contribution is -2.32. The molecule has 1 aliphatic rings. The third kappa shape index (κ3) is 3.36. The van der Waals surface area contributed by atoms with Crippen LogP contribution in [0.5, 0.6) is 0 Å². The zero-order valence-electron chi connectivity index (χ0n) is 11.0. The molecule has 1 aromatic rings. The van der Waals surface area contributed by atoms with Gasteiger partial charge in [0.25, 0.3) is 0 Å². The quantitative estimate of drug-likeness (QED) is 0.747. The first-order valence-corrected chi connectivity index (χ1v) is 7.57. The van der Waals surface area contributed by atoms with Crippen molar-refractivity contribution in [1.29, 1.82) is 0 Å². The van der Waals surface area contributed by atoms with E-state index >= 15 is 0 Å². The lowest BCUT2D eigenvalue weighted by molar-refractivity contribution is 0.229. The Kier molecular flexibility index (Phi) is 4.01. The van der Waals surface area contributed by atoms with E-state index in [0.717, 1.165) is 0 Å². The van der Waals surface area contributed by atoms with Gasteiger partial charge in [0.1, 0.15) is 0 Å². The maximum absolute atomic E-state index is 3.74. The molecule has 0 heterocycles. The van der Waals surface area contributed by atoms with Crippen LogP contribution in [-0.4, -0.2) is 6.04 Å². The smallest absolute Gasteiger partial charge is 0.0382 e. The molecule has 2 heteroatoms. The number of nitrogens with one attached hydrogen (secondary N) is 1. The molecule has 1 aromatic carbocycles. The summed E-state index contributed by atoms with van der Waals surface area (Å²) in [5.41, 5.74) is 3.21. The van der Waals surface area contributed by atoms with Crippen molar-refractivity contribution >= 4 is 28.3 Å². The van der Waals surface area contributed by atoms with Crippen LogP contribution >= 0.6 is 22.6 Å². The standard InChI is InChI=1S/C15H22IN/c1-11-13(16)7-4-8-14(11)17-12-6-5-9-15(2,3)10-12/h4,7-8,12,17H,5-6,9-10H2,1-3H3. The maximum Gasteiger partial charge on any atom is 0.0382 e. The van der Waals surface area contributed by atoms with E-state index in [-0.39, 0.29) is 0 Å². The molecule has 1 aliphatic carbocycles. The normalized spacial score (nSPS) is 23.4. The van der Waals surface area contributed by atoms with Gasteiger partial charge in [0.15, 0.2) is 0 Å². The van der Waals surface area contributed by atoms with Crippen LogP contribution in [0.1, 0.15) is 45.1 Å². The van der Waals surface area contributed by atoms with Crippen molar-refractivity contribution < 1.29 is 0 Å². The lowest BCUT2D eigenvalue weighted by Gasteiger charge is -2.36. The number of benzene rings is 1. The van der Waals surface area contributed by atoms with Gasteiger partial charge in [-0.25, -0.2) is 0 Å². The Morgan fingerprint density at radius 2 is 2.12 bits per heavy atom. The van der Waals surface area contributed by atoms with Gasteiger partial charge in [-0.3, -0.25) is 0 Å². The van der Waals surface area contributed by atoms with Crippen LogP contribution in [0.3, 0.4) is 0 Å². The highest BCUT2D eigenvalue weighted by Crippen LogP contribution is 2.36. The SMILES string of the molecule is Cc1c(I)cccc1NC1CCCC(C)(C)C1. The molecule has 17 heavy (non-hydrogen) atoms. The Morgan fingerprint density at radius 1 is 1.35 bits per heavy atom. The molecule has 1 atom stereocenters. The lowest BCUT2D eigenvalue weighted by atomic mass is 9.75. The molecule has 1 unspecified atom stereocenters. The Bertz CT molecular complexity index is 398. The van der Waals surface area contributed by atoms with Gasteiger partial charge in [-0.1, -0.05) is 26.3 Å². The highest BCUT2D eigenvalue weighted by Gasteiger charge is 2.27. The molecule has 0 saturated heterocycles. The average molecular weight is 343 g/mol. The van der Waals surface area contributed by atoms with E-state index in [1.807, 2.05) is 0 Å². The molecular weight excluding hydrogens is 321 g/mol. The zero-order chi connectivity index (χ0) is 12.5. The maximum atomic E-state index is 3.74. The zero-order valence-corrected chi connectivity index (χ0v) is 13.2. The molecule has 94 valence electrons. The highest BCUT2D eigenvalue weighted by molar-refractivity contribution is 14.1. The fourth-order valence-electron chi connectivity index (χ4n) is 2.81. The molecule has 1 saturated carbocycles. The van der Waals surface area contributed by atoms with Gasteiger partial charge in [0, 0.05) is 15.3 Å². The molecule has 0 spiro atoms. The van der Waals surface area contributed by atoms with E-state index in [2.05, 4.69) is 66.9 Å². The van der Waals surface area contributed by atoms with Crippen LogP contribution in [-0.2, 0) is 0 Å². The van der Waals surface area contributed by atoms with Crippen LogP contribution < -0.4 is 5.32 Å². The first-order valence-electron chi connectivity index (χ1n) is 6.50. The summed E-state index contributed by atoms with van der Waals surface area (Å²) in [5, 5.41) is 3.74. The van der Waals surface area contributed by atoms with Crippen molar-refractivity contribution in [3.05, 3.63) is 27.3 Å². The Morgan fingerprint density at radius 3 is 2.82 bits per heavy atom. The van der Waals surface area contributed by atoms with Crippen LogP contribution in [0.2, 0.25) is 0 Å². The summed E-state index contributed by atoms with van der Waals surface area (Å²) in [6, 6.07) is 7.17. The molecule has 0 radical (unpaired) electrons. The average Bonchev–Trinajstić information content (AvgIpc) is 2.23. The molecule has 0 amide bonds. The number of hydrogen-bond acceptors (Lipinski definition) is 1. The van der Waals surface area contributed by atoms with Gasteiger partial charge < -0.3 is 5.32 Å². The van der Waals surface area contributed by atoms with Crippen molar-refractivity contribution in [3.8, 4) is 0 Å². The van der Waals surface area contributed by atoms with Crippen molar-refractivity contribution in [2.75, 3.05) is 5.32 Å². The third-order valence-corrected chi connectivity index (χ3v) is 5.00. The summed E-state index contributed by atoms with van der Waals surface area (Å²) >= 11 is 2.41. The molecule has 2 rings (SSSR count). The van der Waals surface area contributed by atoms with Gasteiger partial charge >= 0.3 is 0 Å². The van der Waals surface area contributed by atoms with Crippen molar-refractivity contribution in [3.63, 3.8) is 0 Å². The number of halogens is 1. The number of hydrogen-bond donors (Lipinski definition) is 1. The minimum absolute atomic E-state index is 0.506.